The number of hydrogen-bond acceptors (Lipinski definition) is 3. The molecule has 2 N–H and O–H groups in total. The van der Waals surface area contributed by atoms with E-state index >= 15 is 0 Å². The number of benzene rings is 2. The van der Waals surface area contributed by atoms with Gasteiger partial charge in [-0.15, -0.1) is 0 Å². The number of hydrogen-bond donors (Lipinski definition) is 2. The average Bonchev–Trinajstić information content (AvgIpc) is 2.51. The number of carbonyl (C=O) groups excluding carboxylic acids is 2. The lowest BCUT2D eigenvalue weighted by Gasteiger charge is -2.23. The summed E-state index contributed by atoms with van der Waals surface area (Å²) in [6.07, 6.45) is -0.397. The van der Waals surface area contributed by atoms with Crippen LogP contribution in [0.4, 0.5) is 15.8 Å². The van der Waals surface area contributed by atoms with E-state index in [2.05, 4.69) is 10.6 Å². The van der Waals surface area contributed by atoms with Crippen molar-refractivity contribution in [1.29, 1.82) is 0 Å². The van der Waals surface area contributed by atoms with Crippen molar-refractivity contribution in [3.8, 4) is 5.75 Å². The Labute approximate surface area is 132 Å². The summed E-state index contributed by atoms with van der Waals surface area (Å²) in [7, 11) is 0. The summed E-state index contributed by atoms with van der Waals surface area (Å²) in [6.45, 7) is 1.67. The molecule has 5 nitrogen and oxygen atoms in total. The first kappa shape index (κ1) is 15.0. The van der Waals surface area contributed by atoms with Gasteiger partial charge in [0.2, 0.25) is 5.91 Å². The minimum absolute atomic E-state index is 0.135. The fourth-order valence-corrected chi connectivity index (χ4v) is 2.29. The van der Waals surface area contributed by atoms with E-state index in [0.717, 1.165) is 5.56 Å². The van der Waals surface area contributed by atoms with Gasteiger partial charge in [-0.2, -0.15) is 0 Å². The Morgan fingerprint density at radius 1 is 1.26 bits per heavy atom. The van der Waals surface area contributed by atoms with Crippen molar-refractivity contribution in [1.82, 2.24) is 0 Å². The maximum absolute atomic E-state index is 12.8. The van der Waals surface area contributed by atoms with Crippen LogP contribution in [-0.2, 0) is 16.0 Å². The Hall–Kier alpha value is -2.89. The molecule has 1 aliphatic rings. The van der Waals surface area contributed by atoms with Crippen LogP contribution in [0.25, 0.3) is 0 Å². The van der Waals surface area contributed by atoms with E-state index in [-0.39, 0.29) is 24.1 Å². The molecule has 0 bridgehead atoms. The number of amides is 2. The Morgan fingerprint density at radius 2 is 2.00 bits per heavy atom. The highest BCUT2D eigenvalue weighted by Gasteiger charge is 2.23. The van der Waals surface area contributed by atoms with E-state index in [1.807, 2.05) is 0 Å². The smallest absolute Gasteiger partial charge is 0.265 e. The highest BCUT2D eigenvalue weighted by Crippen LogP contribution is 2.30. The summed E-state index contributed by atoms with van der Waals surface area (Å²) >= 11 is 0. The van der Waals surface area contributed by atoms with Gasteiger partial charge in [0, 0.05) is 5.69 Å². The molecular weight excluding hydrogens is 299 g/mol. The largest absolute Gasteiger partial charge is 0.479 e. The Balaban J connectivity index is 1.68. The maximum Gasteiger partial charge on any atom is 0.265 e. The van der Waals surface area contributed by atoms with E-state index in [9.17, 15) is 14.0 Å². The molecule has 2 aromatic carbocycles. The molecule has 2 aromatic rings. The third kappa shape index (κ3) is 3.48. The predicted molar refractivity (Wildman–Crippen MR) is 83.9 cm³/mol. The van der Waals surface area contributed by atoms with Crippen molar-refractivity contribution in [2.45, 2.75) is 19.4 Å². The molecule has 1 aliphatic heterocycles. The molecule has 118 valence electrons. The number of carbonyl (C=O) groups is 2. The zero-order valence-corrected chi connectivity index (χ0v) is 12.4. The quantitative estimate of drug-likeness (QED) is 0.915. The second-order valence-electron chi connectivity index (χ2n) is 5.31. The van der Waals surface area contributed by atoms with Gasteiger partial charge >= 0.3 is 0 Å². The van der Waals surface area contributed by atoms with E-state index in [0.29, 0.717) is 17.1 Å². The van der Waals surface area contributed by atoms with Crippen molar-refractivity contribution in [2.75, 3.05) is 10.6 Å². The number of nitrogens with one attached hydrogen (secondary N) is 2. The molecule has 1 atom stereocenters. The van der Waals surface area contributed by atoms with E-state index in [1.165, 1.54) is 24.3 Å². The molecule has 2 amide bonds. The van der Waals surface area contributed by atoms with Crippen molar-refractivity contribution in [3.05, 3.63) is 53.8 Å². The number of fused-ring (bicyclic) bond motifs is 1. The summed E-state index contributed by atoms with van der Waals surface area (Å²) in [4.78, 5) is 23.6. The van der Waals surface area contributed by atoms with Crippen LogP contribution in [0.15, 0.2) is 42.5 Å². The average molecular weight is 314 g/mol. The van der Waals surface area contributed by atoms with Crippen LogP contribution in [-0.4, -0.2) is 17.9 Å². The summed E-state index contributed by atoms with van der Waals surface area (Å²) < 4.78 is 18.3. The minimum Gasteiger partial charge on any atom is -0.479 e. The van der Waals surface area contributed by atoms with Crippen LogP contribution < -0.4 is 15.4 Å². The minimum atomic E-state index is -0.532. The molecule has 0 aromatic heterocycles. The summed E-state index contributed by atoms with van der Waals surface area (Å²) in [5.41, 5.74) is 1.82. The molecule has 0 fully saturated rings. The van der Waals surface area contributed by atoms with Gasteiger partial charge in [0.15, 0.2) is 6.10 Å². The lowest BCUT2D eigenvalue weighted by Crippen LogP contribution is -2.34. The topological polar surface area (TPSA) is 67.4 Å². The molecule has 0 spiro atoms. The molecule has 23 heavy (non-hydrogen) atoms. The number of anilines is 2. The van der Waals surface area contributed by atoms with Crippen molar-refractivity contribution < 1.29 is 18.7 Å². The molecule has 1 heterocycles. The van der Waals surface area contributed by atoms with Gasteiger partial charge < -0.3 is 15.4 Å². The van der Waals surface area contributed by atoms with E-state index < -0.39 is 6.10 Å². The SMILES string of the molecule is CC1Oc2ccc(CC(=O)Nc3ccc(F)cc3)cc2NC1=O. The standard InChI is InChI=1S/C17H15FN2O3/c1-10-17(22)20-14-8-11(2-7-15(14)23-10)9-16(21)19-13-5-3-12(18)4-6-13/h2-8,10H,9H2,1H3,(H,19,21)(H,20,22). The second kappa shape index (κ2) is 6.08. The Morgan fingerprint density at radius 3 is 2.74 bits per heavy atom. The van der Waals surface area contributed by atoms with Crippen molar-refractivity contribution >= 4 is 23.2 Å². The third-order valence-corrected chi connectivity index (χ3v) is 3.47. The predicted octanol–water partition coefficient (Wildman–Crippen LogP) is 2.73. The molecule has 0 radical (unpaired) electrons. The Bertz CT molecular complexity index is 759. The van der Waals surface area contributed by atoms with Gasteiger partial charge in [-0.1, -0.05) is 6.07 Å². The fraction of sp³-hybridized carbons (Fsp3) is 0.176. The van der Waals surface area contributed by atoms with Crippen molar-refractivity contribution in [3.63, 3.8) is 0 Å². The fourth-order valence-electron chi connectivity index (χ4n) is 2.29. The normalized spacial score (nSPS) is 16.1. The molecule has 0 saturated heterocycles. The third-order valence-electron chi connectivity index (χ3n) is 3.47. The second-order valence-corrected chi connectivity index (χ2v) is 5.31. The van der Waals surface area contributed by atoms with Crippen LogP contribution in [0.3, 0.4) is 0 Å². The van der Waals surface area contributed by atoms with Crippen LogP contribution >= 0.6 is 0 Å². The monoisotopic (exact) mass is 314 g/mol. The molecule has 6 heteroatoms. The zero-order chi connectivity index (χ0) is 16.4. The van der Waals surface area contributed by atoms with Crippen LogP contribution in [0.5, 0.6) is 5.75 Å². The Kier molecular flexibility index (Phi) is 3.97. The number of halogens is 1. The highest BCUT2D eigenvalue weighted by atomic mass is 19.1. The van der Waals surface area contributed by atoms with Gasteiger partial charge in [0.05, 0.1) is 12.1 Å². The van der Waals surface area contributed by atoms with Crippen LogP contribution in [0.1, 0.15) is 12.5 Å². The molecule has 0 saturated carbocycles. The van der Waals surface area contributed by atoms with Crippen molar-refractivity contribution in [2.24, 2.45) is 0 Å². The number of rotatable bonds is 3. The molecular formula is C17H15FN2O3. The summed E-state index contributed by atoms with van der Waals surface area (Å²) in [6, 6.07) is 10.8. The van der Waals surface area contributed by atoms with Gasteiger partial charge in [-0.3, -0.25) is 9.59 Å². The summed E-state index contributed by atoms with van der Waals surface area (Å²) in [5.74, 6) is -0.221. The van der Waals surface area contributed by atoms with Crippen LogP contribution in [0.2, 0.25) is 0 Å². The number of ether oxygens (including phenoxy) is 1. The highest BCUT2D eigenvalue weighted by molar-refractivity contribution is 5.98. The maximum atomic E-state index is 12.8. The lowest BCUT2D eigenvalue weighted by molar-refractivity contribution is -0.122. The van der Waals surface area contributed by atoms with E-state index in [4.69, 9.17) is 4.74 Å². The van der Waals surface area contributed by atoms with E-state index in [1.54, 1.807) is 25.1 Å². The summed E-state index contributed by atoms with van der Waals surface area (Å²) in [5, 5.41) is 5.43. The van der Waals surface area contributed by atoms with Gasteiger partial charge in [0.1, 0.15) is 11.6 Å². The first-order chi connectivity index (χ1) is 11.0. The molecule has 1 unspecified atom stereocenters. The first-order valence-electron chi connectivity index (χ1n) is 7.17. The van der Waals surface area contributed by atoms with Gasteiger partial charge in [0.25, 0.3) is 5.91 Å². The van der Waals surface area contributed by atoms with Crippen LogP contribution in [0, 0.1) is 5.82 Å². The molecule has 0 aliphatic carbocycles. The zero-order valence-electron chi connectivity index (χ0n) is 12.4. The van der Waals surface area contributed by atoms with Gasteiger partial charge in [-0.25, -0.2) is 4.39 Å². The molecule has 3 rings (SSSR count). The van der Waals surface area contributed by atoms with Gasteiger partial charge in [-0.05, 0) is 48.9 Å². The first-order valence-corrected chi connectivity index (χ1v) is 7.17. The lowest BCUT2D eigenvalue weighted by atomic mass is 10.1.